The third-order valence-corrected chi connectivity index (χ3v) is 3.25. The van der Waals surface area contributed by atoms with E-state index in [4.69, 9.17) is 4.74 Å². The van der Waals surface area contributed by atoms with Crippen LogP contribution in [0.2, 0.25) is 0 Å². The van der Waals surface area contributed by atoms with Crippen molar-refractivity contribution in [1.82, 2.24) is 15.1 Å². The van der Waals surface area contributed by atoms with Crippen LogP contribution in [0.4, 0.5) is 0 Å². The lowest BCUT2D eigenvalue weighted by Crippen LogP contribution is -2.35. The highest BCUT2D eigenvalue weighted by molar-refractivity contribution is 5.92. The third-order valence-electron chi connectivity index (χ3n) is 3.25. The molecule has 0 aliphatic heterocycles. The minimum atomic E-state index is -0.865. The molecule has 1 heterocycles. The van der Waals surface area contributed by atoms with Gasteiger partial charge in [0, 0.05) is 18.4 Å². The van der Waals surface area contributed by atoms with E-state index in [0.29, 0.717) is 12.1 Å². The largest absolute Gasteiger partial charge is 0.449 e. The molecule has 0 bridgehead atoms. The fourth-order valence-corrected chi connectivity index (χ4v) is 1.98. The van der Waals surface area contributed by atoms with Crippen molar-refractivity contribution < 1.29 is 14.3 Å². The number of aryl methyl sites for hydroxylation is 1. The van der Waals surface area contributed by atoms with Gasteiger partial charge in [-0.1, -0.05) is 6.08 Å². The van der Waals surface area contributed by atoms with Gasteiger partial charge in [0.05, 0.1) is 11.3 Å². The van der Waals surface area contributed by atoms with E-state index in [9.17, 15) is 9.59 Å². The van der Waals surface area contributed by atoms with Crippen LogP contribution in [0, 0.1) is 6.92 Å². The maximum atomic E-state index is 12.1. The molecule has 6 heteroatoms. The van der Waals surface area contributed by atoms with E-state index < -0.39 is 12.1 Å². The summed E-state index contributed by atoms with van der Waals surface area (Å²) in [6, 6.07) is 8.74. The molecule has 0 radical (unpaired) electrons. The van der Waals surface area contributed by atoms with E-state index in [-0.39, 0.29) is 5.91 Å². The topological polar surface area (TPSA) is 73.2 Å². The van der Waals surface area contributed by atoms with Gasteiger partial charge in [0.25, 0.3) is 5.91 Å². The van der Waals surface area contributed by atoms with Gasteiger partial charge in [0.15, 0.2) is 6.10 Å². The van der Waals surface area contributed by atoms with Gasteiger partial charge in [-0.15, -0.1) is 6.58 Å². The summed E-state index contributed by atoms with van der Waals surface area (Å²) in [7, 11) is 0. The Labute approximate surface area is 134 Å². The number of carbonyl (C=O) groups is 2. The first kappa shape index (κ1) is 16.5. The van der Waals surface area contributed by atoms with Crippen LogP contribution in [-0.4, -0.2) is 34.3 Å². The number of ether oxygens (including phenoxy) is 1. The van der Waals surface area contributed by atoms with Crippen LogP contribution >= 0.6 is 0 Å². The molecule has 120 valence electrons. The highest BCUT2D eigenvalue weighted by atomic mass is 16.5. The zero-order chi connectivity index (χ0) is 16.8. The lowest BCUT2D eigenvalue weighted by Gasteiger charge is -2.13. The third kappa shape index (κ3) is 4.06. The molecular weight excluding hydrogens is 294 g/mol. The zero-order valence-electron chi connectivity index (χ0n) is 13.2. The molecule has 1 N–H and O–H groups in total. The van der Waals surface area contributed by atoms with Gasteiger partial charge in [0.1, 0.15) is 0 Å². The average Bonchev–Trinajstić information content (AvgIpc) is 2.98. The smallest absolute Gasteiger partial charge is 0.338 e. The number of amides is 1. The molecule has 23 heavy (non-hydrogen) atoms. The van der Waals surface area contributed by atoms with E-state index in [0.717, 1.165) is 11.4 Å². The van der Waals surface area contributed by atoms with Crippen molar-refractivity contribution in [2.75, 3.05) is 6.54 Å². The molecule has 0 aliphatic carbocycles. The standard InChI is InChI=1S/C17H19N3O3/c1-4-10-18-16(21)13(3)23-17(22)14-5-7-15(8-6-14)20-12(2)9-11-19-20/h4-9,11,13H,1,10H2,2-3H3,(H,18,21)/t13-/m1/s1. The Morgan fingerprint density at radius 1 is 1.35 bits per heavy atom. The molecule has 1 aromatic carbocycles. The summed E-state index contributed by atoms with van der Waals surface area (Å²) in [6.45, 7) is 7.31. The molecule has 2 rings (SSSR count). The predicted molar refractivity (Wildman–Crippen MR) is 86.4 cm³/mol. The minimum absolute atomic E-state index is 0.332. The molecule has 1 atom stereocenters. The molecule has 0 aliphatic rings. The van der Waals surface area contributed by atoms with E-state index in [1.54, 1.807) is 41.2 Å². The number of rotatable bonds is 6. The molecule has 2 aromatic rings. The molecule has 0 fully saturated rings. The number of esters is 1. The summed E-state index contributed by atoms with van der Waals surface area (Å²) in [6.07, 6.45) is 2.40. The van der Waals surface area contributed by atoms with Crippen molar-refractivity contribution in [1.29, 1.82) is 0 Å². The quantitative estimate of drug-likeness (QED) is 0.654. The van der Waals surface area contributed by atoms with Crippen LogP contribution in [0.25, 0.3) is 5.69 Å². The first-order chi connectivity index (χ1) is 11.0. The summed E-state index contributed by atoms with van der Waals surface area (Å²) in [5, 5.41) is 6.78. The van der Waals surface area contributed by atoms with Crippen molar-refractivity contribution in [3.8, 4) is 5.69 Å². The minimum Gasteiger partial charge on any atom is -0.449 e. The molecule has 6 nitrogen and oxygen atoms in total. The van der Waals surface area contributed by atoms with Gasteiger partial charge in [-0.2, -0.15) is 5.10 Å². The number of hydrogen-bond donors (Lipinski definition) is 1. The number of nitrogens with one attached hydrogen (secondary N) is 1. The molecule has 0 spiro atoms. The molecule has 1 amide bonds. The van der Waals surface area contributed by atoms with Gasteiger partial charge in [0.2, 0.25) is 0 Å². The second-order valence-corrected chi connectivity index (χ2v) is 5.01. The van der Waals surface area contributed by atoms with Gasteiger partial charge < -0.3 is 10.1 Å². The maximum Gasteiger partial charge on any atom is 0.338 e. The van der Waals surface area contributed by atoms with E-state index in [1.807, 2.05) is 13.0 Å². The van der Waals surface area contributed by atoms with Gasteiger partial charge in [-0.25, -0.2) is 9.48 Å². The van der Waals surface area contributed by atoms with Gasteiger partial charge >= 0.3 is 5.97 Å². The van der Waals surface area contributed by atoms with Crippen molar-refractivity contribution >= 4 is 11.9 Å². The lowest BCUT2D eigenvalue weighted by molar-refractivity contribution is -0.128. The van der Waals surface area contributed by atoms with Crippen LogP contribution in [0.5, 0.6) is 0 Å². The van der Waals surface area contributed by atoms with Crippen LogP contribution in [-0.2, 0) is 9.53 Å². The first-order valence-corrected chi connectivity index (χ1v) is 7.23. The summed E-state index contributed by atoms with van der Waals surface area (Å²) in [5.41, 5.74) is 2.22. The van der Waals surface area contributed by atoms with Crippen LogP contribution in [0.3, 0.4) is 0 Å². The maximum absolute atomic E-state index is 12.1. The summed E-state index contributed by atoms with van der Waals surface area (Å²) < 4.78 is 6.91. The summed E-state index contributed by atoms with van der Waals surface area (Å²) in [5.74, 6) is -0.906. The van der Waals surface area contributed by atoms with Gasteiger partial charge in [-0.05, 0) is 44.2 Å². The Balaban J connectivity index is 2.02. The number of nitrogens with zero attached hydrogens (tertiary/aromatic N) is 2. The second kappa shape index (κ2) is 7.40. The van der Waals surface area contributed by atoms with Crippen LogP contribution in [0.1, 0.15) is 23.0 Å². The Kier molecular flexibility index (Phi) is 5.30. The normalized spacial score (nSPS) is 11.6. The number of carbonyl (C=O) groups excluding carboxylic acids is 2. The first-order valence-electron chi connectivity index (χ1n) is 7.23. The van der Waals surface area contributed by atoms with E-state index in [2.05, 4.69) is 17.0 Å². The van der Waals surface area contributed by atoms with Crippen molar-refractivity contribution in [2.24, 2.45) is 0 Å². The number of aromatic nitrogens is 2. The highest BCUT2D eigenvalue weighted by Crippen LogP contribution is 2.12. The summed E-state index contributed by atoms with van der Waals surface area (Å²) in [4.78, 5) is 23.7. The van der Waals surface area contributed by atoms with E-state index >= 15 is 0 Å². The Hall–Kier alpha value is -2.89. The van der Waals surface area contributed by atoms with Crippen molar-refractivity contribution in [3.05, 3.63) is 60.4 Å². The lowest BCUT2D eigenvalue weighted by atomic mass is 10.2. The summed E-state index contributed by atoms with van der Waals surface area (Å²) >= 11 is 0. The molecule has 0 saturated carbocycles. The SMILES string of the molecule is C=CCNC(=O)[C@@H](C)OC(=O)c1ccc(-n2nccc2C)cc1. The van der Waals surface area contributed by atoms with Crippen LogP contribution < -0.4 is 5.32 Å². The van der Waals surface area contributed by atoms with Crippen molar-refractivity contribution in [2.45, 2.75) is 20.0 Å². The second-order valence-electron chi connectivity index (χ2n) is 5.01. The molecular formula is C17H19N3O3. The predicted octanol–water partition coefficient (Wildman–Crippen LogP) is 2.03. The number of benzene rings is 1. The fraction of sp³-hybridized carbons (Fsp3) is 0.235. The molecule has 1 aromatic heterocycles. The Morgan fingerprint density at radius 2 is 2.04 bits per heavy atom. The Bertz CT molecular complexity index is 704. The van der Waals surface area contributed by atoms with Crippen LogP contribution in [0.15, 0.2) is 49.2 Å². The average molecular weight is 313 g/mol. The Morgan fingerprint density at radius 3 is 2.61 bits per heavy atom. The number of hydrogen-bond acceptors (Lipinski definition) is 4. The molecule has 0 unspecified atom stereocenters. The van der Waals surface area contributed by atoms with E-state index in [1.165, 1.54) is 6.92 Å². The highest BCUT2D eigenvalue weighted by Gasteiger charge is 2.18. The zero-order valence-corrected chi connectivity index (χ0v) is 13.2. The monoisotopic (exact) mass is 313 g/mol. The van der Waals surface area contributed by atoms with Crippen molar-refractivity contribution in [3.63, 3.8) is 0 Å². The fourth-order valence-electron chi connectivity index (χ4n) is 1.98. The molecule has 0 saturated heterocycles. The van der Waals surface area contributed by atoms with Gasteiger partial charge in [-0.3, -0.25) is 4.79 Å².